The predicted molar refractivity (Wildman–Crippen MR) is 190 cm³/mol. The monoisotopic (exact) mass is 923 g/mol. The van der Waals surface area contributed by atoms with Crippen molar-refractivity contribution in [3.63, 3.8) is 0 Å². The fraction of sp³-hybridized carbons (Fsp3) is 0.900. The van der Waals surface area contributed by atoms with E-state index in [1.165, 1.54) is 128 Å². The van der Waals surface area contributed by atoms with E-state index in [4.69, 9.17) is 0 Å². The molecule has 0 saturated carbocycles. The van der Waals surface area contributed by atoms with E-state index >= 15 is 0 Å². The molecule has 0 bridgehead atoms. The summed E-state index contributed by atoms with van der Waals surface area (Å²) in [5, 5.41) is 40.1. The molecule has 0 radical (unpaired) electrons. The van der Waals surface area contributed by atoms with Crippen LogP contribution >= 0.6 is 0 Å². The van der Waals surface area contributed by atoms with Crippen LogP contribution in [0, 0.1) is 29.2 Å². The Morgan fingerprint density at radius 2 is 0.388 bits per heavy atom. The van der Waals surface area contributed by atoms with E-state index < -0.39 is 23.9 Å². The predicted octanol–water partition coefficient (Wildman–Crippen LogP) is 7.51. The third-order valence-electron chi connectivity index (χ3n) is 7.94. The van der Waals surface area contributed by atoms with Gasteiger partial charge in [0.1, 0.15) is 0 Å². The van der Waals surface area contributed by atoms with Crippen molar-refractivity contribution in [2.75, 3.05) is 0 Å². The summed E-state index contributed by atoms with van der Waals surface area (Å²) < 4.78 is 0. The molecule has 0 fully saturated rings. The number of hydrogen-bond acceptors (Lipinski definition) is 8. The summed E-state index contributed by atoms with van der Waals surface area (Å²) in [6, 6.07) is 0. The summed E-state index contributed by atoms with van der Waals surface area (Å²) in [5.41, 5.74) is 0. The molecule has 49 heavy (non-hydrogen) atoms. The van der Waals surface area contributed by atoms with Crippen LogP contribution in [0.3, 0.4) is 0 Å². The van der Waals surface area contributed by atoms with Crippen LogP contribution in [0.1, 0.15) is 233 Å². The van der Waals surface area contributed by atoms with Gasteiger partial charge in [0, 0.05) is 53.1 Å². The number of carbonyl (C=O) groups excluding carboxylic acids is 4. The third kappa shape index (κ3) is 77.6. The van der Waals surface area contributed by atoms with E-state index in [0.29, 0.717) is 0 Å². The topological polar surface area (TPSA) is 161 Å². The van der Waals surface area contributed by atoms with Crippen molar-refractivity contribution in [2.45, 2.75) is 233 Å². The molecule has 0 saturated heterocycles. The van der Waals surface area contributed by atoms with Gasteiger partial charge in [0.25, 0.3) is 0 Å². The Morgan fingerprint density at radius 1 is 0.265 bits per heavy atom. The second kappa shape index (κ2) is 53.7. The summed E-state index contributed by atoms with van der Waals surface area (Å²) in [6.45, 7) is 8.76. The maximum Gasteiger partial charge on any atom is 0.0414 e. The molecular formula is C40H76O8Pu-4. The number of carboxylic acids is 4. The number of aliphatic carboxylic acids is 4. The minimum Gasteiger partial charge on any atom is -0.550 e. The number of hydrogen-bond donors (Lipinski definition) is 0. The molecule has 294 valence electrons. The molecule has 0 aromatic heterocycles. The van der Waals surface area contributed by atoms with Crippen molar-refractivity contribution >= 4 is 23.9 Å². The van der Waals surface area contributed by atoms with E-state index in [2.05, 4.69) is 27.7 Å². The van der Waals surface area contributed by atoms with Crippen molar-refractivity contribution < 1.29 is 68.8 Å². The molecule has 0 amide bonds. The fourth-order valence-corrected chi connectivity index (χ4v) is 4.91. The average molecular weight is 929 g/mol. The van der Waals surface area contributed by atoms with Gasteiger partial charge in [-0.2, -0.15) is 0 Å². The van der Waals surface area contributed by atoms with E-state index in [-0.39, 0.29) is 54.9 Å². The smallest absolute Gasteiger partial charge is 0.0414 e. The zero-order chi connectivity index (χ0) is 36.9. The second-order valence-corrected chi connectivity index (χ2v) is 13.0. The largest absolute Gasteiger partial charge is 0.550 e. The molecule has 0 aliphatic heterocycles. The Kier molecular flexibility index (Phi) is 62.7. The van der Waals surface area contributed by atoms with Gasteiger partial charge in [-0.05, 0) is 51.4 Å². The molecule has 8 nitrogen and oxygen atoms in total. The standard InChI is InChI=1S/4C10H20O2.Pu/c4*1-2-3-4-5-6-7-8-9-10(11)12;/h4*2-9H2,1H3,(H,11,12);/p-4. The second-order valence-electron chi connectivity index (χ2n) is 13.0. The first kappa shape index (κ1) is 57.2. The Balaban J connectivity index is -0.000000174. The van der Waals surface area contributed by atoms with Gasteiger partial charge in [0.15, 0.2) is 0 Å². The number of unbranched alkanes of at least 4 members (excludes halogenated alkanes) is 24. The Labute approximate surface area is 324 Å². The van der Waals surface area contributed by atoms with Crippen LogP contribution in [0.5, 0.6) is 0 Å². The van der Waals surface area contributed by atoms with Gasteiger partial charge in [0.2, 0.25) is 0 Å². The normalized spacial score (nSPS) is 9.88. The third-order valence-corrected chi connectivity index (χ3v) is 7.94. The van der Waals surface area contributed by atoms with Gasteiger partial charge < -0.3 is 39.6 Å². The van der Waals surface area contributed by atoms with Gasteiger partial charge in [-0.25, -0.2) is 0 Å². The van der Waals surface area contributed by atoms with Gasteiger partial charge in [-0.1, -0.05) is 182 Å². The summed E-state index contributed by atoms with van der Waals surface area (Å²) in [5.74, 6) is -3.65. The Bertz CT molecular complexity index is 561. The maximum absolute atomic E-state index is 10.0. The van der Waals surface area contributed by atoms with Gasteiger partial charge in [-0.15, -0.1) is 0 Å². The number of carboxylic acid groups (broad SMARTS) is 4. The molecule has 0 N–H and O–H groups in total. The summed E-state index contributed by atoms with van der Waals surface area (Å²) in [4.78, 5) is 40.1. The molecule has 0 unspecified atom stereocenters. The molecule has 0 aromatic carbocycles. The van der Waals surface area contributed by atoms with Crippen LogP contribution in [0.4, 0.5) is 0 Å². The van der Waals surface area contributed by atoms with Crippen LogP contribution in [-0.4, -0.2) is 23.9 Å². The summed E-state index contributed by atoms with van der Waals surface area (Å²) >= 11 is 0. The molecule has 0 rings (SSSR count). The first-order valence-corrected chi connectivity index (χ1v) is 19.9. The van der Waals surface area contributed by atoms with E-state index in [9.17, 15) is 39.6 Å². The molecule has 0 heterocycles. The zero-order valence-electron chi connectivity index (χ0n) is 32.3. The fourth-order valence-electron chi connectivity index (χ4n) is 4.91. The quantitative estimate of drug-likeness (QED) is 0.0627. The molecule has 0 atom stereocenters. The number of rotatable bonds is 32. The van der Waals surface area contributed by atoms with Crippen molar-refractivity contribution in [3.05, 3.63) is 0 Å². The van der Waals surface area contributed by atoms with Gasteiger partial charge >= 0.3 is 0 Å². The summed E-state index contributed by atoms with van der Waals surface area (Å²) in [6.07, 6.45) is 33.4. The minimum absolute atomic E-state index is 0. The molecule has 9 heteroatoms. The van der Waals surface area contributed by atoms with Crippen LogP contribution in [0.2, 0.25) is 0 Å². The van der Waals surface area contributed by atoms with Crippen molar-refractivity contribution in [2.24, 2.45) is 0 Å². The Hall–Kier alpha value is -1.13. The molecule has 0 aromatic rings. The molecule has 0 aliphatic rings. The maximum atomic E-state index is 10.0. The van der Waals surface area contributed by atoms with Gasteiger partial charge in [-0.3, -0.25) is 0 Å². The van der Waals surface area contributed by atoms with Crippen LogP contribution in [-0.2, 0) is 19.2 Å². The number of carbonyl (C=O) groups is 4. The van der Waals surface area contributed by atoms with E-state index in [1.54, 1.807) is 0 Å². The first-order valence-electron chi connectivity index (χ1n) is 19.9. The van der Waals surface area contributed by atoms with E-state index in [0.717, 1.165) is 51.4 Å². The van der Waals surface area contributed by atoms with Crippen LogP contribution in [0.25, 0.3) is 0 Å². The molecule has 0 spiro atoms. The zero-order valence-corrected chi connectivity index (χ0v) is 35.7. The van der Waals surface area contributed by atoms with Gasteiger partial charge in [0.05, 0.1) is 0 Å². The SMILES string of the molecule is CCCCCCCCCC(=O)[O-].CCCCCCCCCC(=O)[O-].CCCCCCCCCC(=O)[O-].CCCCCCCCCC(=O)[O-].[Pu]. The summed E-state index contributed by atoms with van der Waals surface area (Å²) in [7, 11) is 0. The van der Waals surface area contributed by atoms with Crippen molar-refractivity contribution in [1.82, 2.24) is 0 Å². The average Bonchev–Trinajstić information content (AvgIpc) is 3.03. The van der Waals surface area contributed by atoms with Crippen LogP contribution < -0.4 is 20.4 Å². The Morgan fingerprint density at radius 3 is 0.510 bits per heavy atom. The molecule has 0 aliphatic carbocycles. The van der Waals surface area contributed by atoms with E-state index in [1.807, 2.05) is 0 Å². The molecular weight excluding hydrogens is 852 g/mol. The van der Waals surface area contributed by atoms with Crippen molar-refractivity contribution in [1.29, 1.82) is 0 Å². The van der Waals surface area contributed by atoms with Crippen molar-refractivity contribution in [3.8, 4) is 0 Å². The van der Waals surface area contributed by atoms with Crippen LogP contribution in [0.15, 0.2) is 0 Å². The minimum atomic E-state index is -0.913. The first-order chi connectivity index (χ1) is 23.1.